The van der Waals surface area contributed by atoms with Crippen molar-refractivity contribution >= 4 is 22.7 Å². The van der Waals surface area contributed by atoms with Crippen molar-refractivity contribution in [3.8, 4) is 5.75 Å². The smallest absolute Gasteiger partial charge is 0.246 e. The zero-order valence-electron chi connectivity index (χ0n) is 18.0. The predicted molar refractivity (Wildman–Crippen MR) is 121 cm³/mol. The summed E-state index contributed by atoms with van der Waals surface area (Å²) in [6.45, 7) is 2.55. The van der Waals surface area contributed by atoms with Gasteiger partial charge in [-0.3, -0.25) is 19.5 Å². The van der Waals surface area contributed by atoms with Crippen LogP contribution in [0.4, 0.5) is 0 Å². The fourth-order valence-corrected chi connectivity index (χ4v) is 4.68. The molecule has 0 radical (unpaired) electrons. The molecule has 0 bridgehead atoms. The van der Waals surface area contributed by atoms with Crippen LogP contribution in [0.25, 0.3) is 10.9 Å². The number of methoxy groups -OCH3 is 1. The van der Waals surface area contributed by atoms with Crippen molar-refractivity contribution < 1.29 is 14.3 Å². The number of nitrogens with zero attached hydrogens (tertiary/aromatic N) is 3. The zero-order valence-corrected chi connectivity index (χ0v) is 18.0. The van der Waals surface area contributed by atoms with Gasteiger partial charge in [0, 0.05) is 44.2 Å². The van der Waals surface area contributed by atoms with E-state index in [1.54, 1.807) is 18.2 Å². The maximum absolute atomic E-state index is 13.1. The van der Waals surface area contributed by atoms with E-state index in [2.05, 4.69) is 27.3 Å². The molecule has 2 fully saturated rings. The minimum absolute atomic E-state index is 0.000529. The van der Waals surface area contributed by atoms with E-state index in [0.29, 0.717) is 19.5 Å². The second-order valence-corrected chi connectivity index (χ2v) is 8.38. The Morgan fingerprint density at radius 2 is 1.91 bits per heavy atom. The number of piperazine rings is 2. The lowest BCUT2D eigenvalue weighted by Gasteiger charge is -2.45. The lowest BCUT2D eigenvalue weighted by molar-refractivity contribution is -0.153. The van der Waals surface area contributed by atoms with Crippen molar-refractivity contribution in [3.05, 3.63) is 71.9 Å². The van der Waals surface area contributed by atoms with E-state index in [9.17, 15) is 9.59 Å². The Kier molecular flexibility index (Phi) is 5.49. The standard InChI is InChI=1S/C25H26N4O3/c1-32-19-9-7-17(8-10-19)14-22-25(31)29-13-12-28(16-23(29)24(30)27-22)15-18-4-2-6-21-20(18)5-3-11-26-21/h2-11,22-23H,12-16H2,1H3,(H,27,30)/t22-,23+/m0/s1. The number of nitrogens with one attached hydrogen (secondary N) is 1. The first-order valence-electron chi connectivity index (χ1n) is 10.9. The number of rotatable bonds is 5. The Morgan fingerprint density at radius 3 is 2.72 bits per heavy atom. The Balaban J connectivity index is 1.27. The summed E-state index contributed by atoms with van der Waals surface area (Å²) in [6, 6.07) is 16.8. The molecule has 2 aliphatic rings. The highest BCUT2D eigenvalue weighted by molar-refractivity contribution is 5.97. The Labute approximate surface area is 187 Å². The highest BCUT2D eigenvalue weighted by Gasteiger charge is 2.43. The molecule has 2 atom stereocenters. The quantitative estimate of drug-likeness (QED) is 0.670. The number of carbonyl (C=O) groups is 2. The molecule has 2 aromatic carbocycles. The molecule has 0 spiro atoms. The Morgan fingerprint density at radius 1 is 1.06 bits per heavy atom. The van der Waals surface area contributed by atoms with Crippen LogP contribution in [0.5, 0.6) is 5.75 Å². The van der Waals surface area contributed by atoms with E-state index in [0.717, 1.165) is 35.3 Å². The van der Waals surface area contributed by atoms with Gasteiger partial charge in [-0.2, -0.15) is 0 Å². The predicted octanol–water partition coefficient (Wildman–Crippen LogP) is 2.00. The van der Waals surface area contributed by atoms with Crippen molar-refractivity contribution in [1.29, 1.82) is 0 Å². The molecule has 32 heavy (non-hydrogen) atoms. The normalized spacial score (nSPS) is 21.3. The van der Waals surface area contributed by atoms with Crippen LogP contribution in [0.2, 0.25) is 0 Å². The van der Waals surface area contributed by atoms with Crippen molar-refractivity contribution in [1.82, 2.24) is 20.1 Å². The molecule has 1 aromatic heterocycles. The van der Waals surface area contributed by atoms with Crippen LogP contribution in [0, 0.1) is 0 Å². The number of pyridine rings is 1. The van der Waals surface area contributed by atoms with Gasteiger partial charge in [0.05, 0.1) is 12.6 Å². The lowest BCUT2D eigenvalue weighted by Crippen LogP contribution is -2.69. The Hall–Kier alpha value is -3.45. The van der Waals surface area contributed by atoms with Gasteiger partial charge in [-0.1, -0.05) is 30.3 Å². The van der Waals surface area contributed by atoms with Crippen LogP contribution < -0.4 is 10.1 Å². The van der Waals surface area contributed by atoms with E-state index in [4.69, 9.17) is 4.74 Å². The number of hydrogen-bond donors (Lipinski definition) is 1. The van der Waals surface area contributed by atoms with Crippen LogP contribution in [0.15, 0.2) is 60.8 Å². The number of ether oxygens (including phenoxy) is 1. The summed E-state index contributed by atoms with van der Waals surface area (Å²) in [5, 5.41) is 4.08. The second kappa shape index (κ2) is 8.59. The zero-order chi connectivity index (χ0) is 22.1. The molecule has 7 heteroatoms. The van der Waals surface area contributed by atoms with Gasteiger partial charge in [0.25, 0.3) is 0 Å². The summed E-state index contributed by atoms with van der Waals surface area (Å²) < 4.78 is 5.19. The first-order chi connectivity index (χ1) is 15.6. The summed E-state index contributed by atoms with van der Waals surface area (Å²) in [5.74, 6) is 0.692. The van der Waals surface area contributed by atoms with Gasteiger partial charge in [-0.05, 0) is 35.4 Å². The SMILES string of the molecule is COc1ccc(C[C@@H]2NC(=O)[C@H]3CN(Cc4cccc5ncccc45)CCN3C2=O)cc1. The number of amides is 2. The van der Waals surface area contributed by atoms with E-state index >= 15 is 0 Å². The monoisotopic (exact) mass is 430 g/mol. The third-order valence-electron chi connectivity index (χ3n) is 6.39. The van der Waals surface area contributed by atoms with E-state index < -0.39 is 12.1 Å². The molecule has 7 nitrogen and oxygen atoms in total. The number of carbonyl (C=O) groups excluding carboxylic acids is 2. The molecule has 1 N–H and O–H groups in total. The third kappa shape index (κ3) is 3.91. The molecule has 0 unspecified atom stereocenters. The first kappa shape index (κ1) is 20.5. The van der Waals surface area contributed by atoms with Crippen molar-refractivity contribution in [2.45, 2.75) is 25.0 Å². The summed E-state index contributed by atoms with van der Waals surface area (Å²) in [7, 11) is 1.62. The van der Waals surface area contributed by atoms with Gasteiger partial charge in [0.1, 0.15) is 17.8 Å². The highest BCUT2D eigenvalue weighted by Crippen LogP contribution is 2.23. The fourth-order valence-electron chi connectivity index (χ4n) is 4.68. The Bertz CT molecular complexity index is 1140. The molecule has 2 aliphatic heterocycles. The van der Waals surface area contributed by atoms with Crippen LogP contribution in [0.1, 0.15) is 11.1 Å². The van der Waals surface area contributed by atoms with E-state index in [1.807, 2.05) is 42.5 Å². The number of hydrogen-bond acceptors (Lipinski definition) is 5. The first-order valence-corrected chi connectivity index (χ1v) is 10.9. The minimum atomic E-state index is -0.525. The van der Waals surface area contributed by atoms with Gasteiger partial charge in [-0.25, -0.2) is 0 Å². The average Bonchev–Trinajstić information content (AvgIpc) is 2.83. The van der Waals surface area contributed by atoms with Crippen molar-refractivity contribution in [2.24, 2.45) is 0 Å². The maximum atomic E-state index is 13.1. The summed E-state index contributed by atoms with van der Waals surface area (Å²) in [4.78, 5) is 34.5. The van der Waals surface area contributed by atoms with E-state index in [1.165, 1.54) is 5.56 Å². The van der Waals surface area contributed by atoms with Crippen LogP contribution in [-0.2, 0) is 22.6 Å². The molecule has 5 rings (SSSR count). The van der Waals surface area contributed by atoms with Gasteiger partial charge in [-0.15, -0.1) is 0 Å². The summed E-state index contributed by atoms with van der Waals surface area (Å²) in [5.41, 5.74) is 3.14. The summed E-state index contributed by atoms with van der Waals surface area (Å²) >= 11 is 0. The molecule has 0 aliphatic carbocycles. The van der Waals surface area contributed by atoms with Crippen LogP contribution >= 0.6 is 0 Å². The topological polar surface area (TPSA) is 74.8 Å². The summed E-state index contributed by atoms with van der Waals surface area (Å²) in [6.07, 6.45) is 2.27. The van der Waals surface area contributed by atoms with E-state index in [-0.39, 0.29) is 11.8 Å². The lowest BCUT2D eigenvalue weighted by atomic mass is 9.98. The molecule has 2 amide bonds. The molecule has 2 saturated heterocycles. The maximum Gasteiger partial charge on any atom is 0.246 e. The van der Waals surface area contributed by atoms with Gasteiger partial charge >= 0.3 is 0 Å². The van der Waals surface area contributed by atoms with Crippen molar-refractivity contribution in [3.63, 3.8) is 0 Å². The van der Waals surface area contributed by atoms with Gasteiger partial charge in [0.15, 0.2) is 0 Å². The molecule has 3 heterocycles. The average molecular weight is 431 g/mol. The largest absolute Gasteiger partial charge is 0.497 e. The highest BCUT2D eigenvalue weighted by atomic mass is 16.5. The second-order valence-electron chi connectivity index (χ2n) is 8.38. The number of fused-ring (bicyclic) bond motifs is 2. The molecule has 0 saturated carbocycles. The third-order valence-corrected chi connectivity index (χ3v) is 6.39. The molecule has 3 aromatic rings. The number of benzene rings is 2. The molecular formula is C25H26N4O3. The van der Waals surface area contributed by atoms with Crippen LogP contribution in [0.3, 0.4) is 0 Å². The number of aromatic nitrogens is 1. The van der Waals surface area contributed by atoms with Crippen molar-refractivity contribution in [2.75, 3.05) is 26.7 Å². The van der Waals surface area contributed by atoms with Crippen LogP contribution in [-0.4, -0.2) is 65.4 Å². The molecule has 164 valence electrons. The fraction of sp³-hybridized carbons (Fsp3) is 0.320. The minimum Gasteiger partial charge on any atom is -0.497 e. The van der Waals surface area contributed by atoms with Gasteiger partial charge in [0.2, 0.25) is 11.8 Å². The van der Waals surface area contributed by atoms with Gasteiger partial charge < -0.3 is 15.0 Å². The molecular weight excluding hydrogens is 404 g/mol.